The molecule has 0 fully saturated rings. The molecular weight excluding hydrogens is 302 g/mol. The number of anilines is 1. The van der Waals surface area contributed by atoms with Crippen molar-refractivity contribution in [2.45, 2.75) is 6.54 Å². The van der Waals surface area contributed by atoms with Crippen molar-refractivity contribution in [2.24, 2.45) is 0 Å². The molecule has 3 N–H and O–H groups in total. The second kappa shape index (κ2) is 5.89. The predicted molar refractivity (Wildman–Crippen MR) is 78.0 cm³/mol. The molecule has 0 aliphatic rings. The highest BCUT2D eigenvalue weighted by Crippen LogP contribution is 2.26. The van der Waals surface area contributed by atoms with E-state index in [9.17, 15) is 14.9 Å². The fourth-order valence-electron chi connectivity index (χ4n) is 1.66. The molecule has 0 saturated heterocycles. The fraction of sp³-hybridized carbons (Fsp3) is 0.0833. The number of nitrogens with zero attached hydrogens (tertiary/aromatic N) is 1. The van der Waals surface area contributed by atoms with Crippen LogP contribution in [-0.4, -0.2) is 10.8 Å². The van der Waals surface area contributed by atoms with Crippen LogP contribution < -0.4 is 11.1 Å². The van der Waals surface area contributed by atoms with E-state index >= 15 is 0 Å². The zero-order valence-corrected chi connectivity index (χ0v) is 11.7. The number of hydrogen-bond acceptors (Lipinski definition) is 5. The second-order valence-electron chi connectivity index (χ2n) is 3.89. The van der Waals surface area contributed by atoms with Crippen molar-refractivity contribution in [3.8, 4) is 0 Å². The molecule has 0 atom stereocenters. The van der Waals surface area contributed by atoms with Crippen LogP contribution >= 0.6 is 22.9 Å². The first-order valence-corrected chi connectivity index (χ1v) is 6.74. The molecule has 2 aromatic rings. The SMILES string of the molecule is Nc1cccc(C(=O)NCc2ccc(Cl)s2)c1[N+](=O)[O-]. The number of nitrogen functional groups attached to an aromatic ring is 1. The van der Waals surface area contributed by atoms with Crippen molar-refractivity contribution in [2.75, 3.05) is 5.73 Å². The number of nitro benzene ring substituents is 1. The van der Waals surface area contributed by atoms with Crippen molar-refractivity contribution in [3.63, 3.8) is 0 Å². The first-order valence-electron chi connectivity index (χ1n) is 5.54. The Hall–Kier alpha value is -2.12. The number of rotatable bonds is 4. The number of thiophene rings is 1. The van der Waals surface area contributed by atoms with E-state index < -0.39 is 10.8 Å². The van der Waals surface area contributed by atoms with Gasteiger partial charge >= 0.3 is 5.69 Å². The largest absolute Gasteiger partial charge is 0.393 e. The number of nitro groups is 1. The zero-order chi connectivity index (χ0) is 14.7. The van der Waals surface area contributed by atoms with Gasteiger partial charge in [-0.25, -0.2) is 0 Å². The molecule has 0 saturated carbocycles. The van der Waals surface area contributed by atoms with Gasteiger partial charge in [0.15, 0.2) is 0 Å². The van der Waals surface area contributed by atoms with Crippen LogP contribution in [0.15, 0.2) is 30.3 Å². The second-order valence-corrected chi connectivity index (χ2v) is 5.69. The summed E-state index contributed by atoms with van der Waals surface area (Å²) in [6.07, 6.45) is 0. The number of nitrogens with one attached hydrogen (secondary N) is 1. The van der Waals surface area contributed by atoms with E-state index in [0.717, 1.165) is 4.88 Å². The predicted octanol–water partition coefficient (Wildman–Crippen LogP) is 2.82. The average molecular weight is 312 g/mol. The Kier molecular flexibility index (Phi) is 4.21. The molecule has 2 rings (SSSR count). The average Bonchev–Trinajstić information content (AvgIpc) is 2.81. The van der Waals surface area contributed by atoms with Crippen LogP contribution in [0, 0.1) is 10.1 Å². The first-order chi connectivity index (χ1) is 9.49. The number of hydrogen-bond donors (Lipinski definition) is 2. The number of amides is 1. The maximum Gasteiger partial charge on any atom is 0.304 e. The molecule has 0 radical (unpaired) electrons. The number of carbonyl (C=O) groups is 1. The normalized spacial score (nSPS) is 10.2. The van der Waals surface area contributed by atoms with E-state index in [-0.39, 0.29) is 23.5 Å². The Bertz CT molecular complexity index is 672. The highest BCUT2D eigenvalue weighted by Gasteiger charge is 2.22. The summed E-state index contributed by atoms with van der Waals surface area (Å²) in [5.74, 6) is -0.548. The van der Waals surface area contributed by atoms with Gasteiger partial charge < -0.3 is 11.1 Å². The quantitative estimate of drug-likeness (QED) is 0.515. The lowest BCUT2D eigenvalue weighted by Crippen LogP contribution is -2.23. The molecule has 0 aliphatic heterocycles. The number of nitrogens with two attached hydrogens (primary N) is 1. The van der Waals surface area contributed by atoms with Crippen molar-refractivity contribution in [1.82, 2.24) is 5.32 Å². The number of carbonyl (C=O) groups excluding carboxylic acids is 1. The van der Waals surface area contributed by atoms with Crippen LogP contribution in [0.4, 0.5) is 11.4 Å². The summed E-state index contributed by atoms with van der Waals surface area (Å²) in [6.45, 7) is 0.252. The number of halogens is 1. The molecule has 0 bridgehead atoms. The third-order valence-electron chi connectivity index (χ3n) is 2.55. The minimum Gasteiger partial charge on any atom is -0.393 e. The van der Waals surface area contributed by atoms with Crippen LogP contribution in [0.3, 0.4) is 0 Å². The Morgan fingerprint density at radius 1 is 1.40 bits per heavy atom. The van der Waals surface area contributed by atoms with Gasteiger partial charge in [-0.05, 0) is 24.3 Å². The highest BCUT2D eigenvalue weighted by molar-refractivity contribution is 7.16. The van der Waals surface area contributed by atoms with Gasteiger partial charge in [0.1, 0.15) is 11.3 Å². The monoisotopic (exact) mass is 311 g/mol. The van der Waals surface area contributed by atoms with E-state index in [1.54, 1.807) is 12.1 Å². The zero-order valence-electron chi connectivity index (χ0n) is 10.1. The molecule has 1 amide bonds. The lowest BCUT2D eigenvalue weighted by atomic mass is 10.1. The first kappa shape index (κ1) is 14.3. The van der Waals surface area contributed by atoms with Gasteiger partial charge in [-0.1, -0.05) is 17.7 Å². The molecule has 1 aromatic carbocycles. The summed E-state index contributed by atoms with van der Waals surface area (Å²) in [4.78, 5) is 23.2. The third kappa shape index (κ3) is 3.06. The van der Waals surface area contributed by atoms with Crippen molar-refractivity contribution < 1.29 is 9.72 Å². The summed E-state index contributed by atoms with van der Waals surface area (Å²) in [5.41, 5.74) is 5.06. The van der Waals surface area contributed by atoms with E-state index in [2.05, 4.69) is 5.32 Å². The Morgan fingerprint density at radius 2 is 2.15 bits per heavy atom. The summed E-state index contributed by atoms with van der Waals surface area (Å²) in [5, 5.41) is 13.6. The van der Waals surface area contributed by atoms with Gasteiger partial charge in [0.05, 0.1) is 15.8 Å². The maximum atomic E-state index is 12.0. The van der Waals surface area contributed by atoms with Crippen LogP contribution in [-0.2, 0) is 6.54 Å². The summed E-state index contributed by atoms with van der Waals surface area (Å²) >= 11 is 7.11. The molecule has 6 nitrogen and oxygen atoms in total. The number of para-hydroxylation sites is 1. The Labute approximate surface area is 123 Å². The fourth-order valence-corrected chi connectivity index (χ4v) is 2.68. The van der Waals surface area contributed by atoms with E-state index in [0.29, 0.717) is 4.34 Å². The van der Waals surface area contributed by atoms with E-state index in [4.69, 9.17) is 17.3 Å². The van der Waals surface area contributed by atoms with Gasteiger partial charge in [0.25, 0.3) is 5.91 Å². The molecule has 8 heteroatoms. The minimum atomic E-state index is -0.660. The molecule has 1 aromatic heterocycles. The molecule has 104 valence electrons. The van der Waals surface area contributed by atoms with Crippen molar-refractivity contribution in [1.29, 1.82) is 0 Å². The molecule has 0 spiro atoms. The number of benzene rings is 1. The Morgan fingerprint density at radius 3 is 2.75 bits per heavy atom. The minimum absolute atomic E-state index is 0.0400. The maximum absolute atomic E-state index is 12.0. The molecule has 0 unspecified atom stereocenters. The summed E-state index contributed by atoms with van der Waals surface area (Å²) in [6, 6.07) is 7.75. The van der Waals surface area contributed by atoms with Gasteiger partial charge in [-0.15, -0.1) is 11.3 Å². The molecular formula is C12H10ClN3O3S. The summed E-state index contributed by atoms with van der Waals surface area (Å²) in [7, 11) is 0. The summed E-state index contributed by atoms with van der Waals surface area (Å²) < 4.78 is 0.615. The van der Waals surface area contributed by atoms with Crippen molar-refractivity contribution in [3.05, 3.63) is 55.2 Å². The molecule has 1 heterocycles. The topological polar surface area (TPSA) is 98.3 Å². The standard InChI is InChI=1S/C12H10ClN3O3S/c13-10-5-4-7(20-10)6-15-12(17)8-2-1-3-9(14)11(8)16(18)19/h1-5H,6,14H2,(H,15,17). The van der Waals surface area contributed by atoms with E-state index in [1.165, 1.54) is 29.5 Å². The van der Waals surface area contributed by atoms with Crippen LogP contribution in [0.25, 0.3) is 0 Å². The van der Waals surface area contributed by atoms with Crippen LogP contribution in [0.2, 0.25) is 4.34 Å². The highest BCUT2D eigenvalue weighted by atomic mass is 35.5. The lowest BCUT2D eigenvalue weighted by molar-refractivity contribution is -0.384. The lowest BCUT2D eigenvalue weighted by Gasteiger charge is -2.06. The van der Waals surface area contributed by atoms with Gasteiger partial charge in [0, 0.05) is 4.88 Å². The van der Waals surface area contributed by atoms with Crippen LogP contribution in [0.5, 0.6) is 0 Å². The van der Waals surface area contributed by atoms with Crippen molar-refractivity contribution >= 4 is 40.2 Å². The van der Waals surface area contributed by atoms with Crippen LogP contribution in [0.1, 0.15) is 15.2 Å². The smallest absolute Gasteiger partial charge is 0.304 e. The Balaban J connectivity index is 2.17. The molecule has 0 aliphatic carbocycles. The molecule has 20 heavy (non-hydrogen) atoms. The third-order valence-corrected chi connectivity index (χ3v) is 3.78. The van der Waals surface area contributed by atoms with Gasteiger partial charge in [0.2, 0.25) is 0 Å². The van der Waals surface area contributed by atoms with Gasteiger partial charge in [-0.3, -0.25) is 14.9 Å². The van der Waals surface area contributed by atoms with E-state index in [1.807, 2.05) is 0 Å². The van der Waals surface area contributed by atoms with Gasteiger partial charge in [-0.2, -0.15) is 0 Å².